The maximum atomic E-state index is 11.9. The van der Waals surface area contributed by atoms with Crippen molar-refractivity contribution in [3.8, 4) is 0 Å². The smallest absolute Gasteiger partial charge is 0.298 e. The van der Waals surface area contributed by atoms with Gasteiger partial charge in [0.2, 0.25) is 0 Å². The third-order valence-corrected chi connectivity index (χ3v) is 1.97. The summed E-state index contributed by atoms with van der Waals surface area (Å²) in [6.07, 6.45) is 1.38. The number of hydrogen-bond acceptors (Lipinski definition) is 6. The van der Waals surface area contributed by atoms with E-state index in [0.29, 0.717) is 0 Å². The molecule has 0 aliphatic heterocycles. The highest BCUT2D eigenvalue weighted by atomic mass is 16.7. The molecule has 0 unspecified atom stereocenters. The van der Waals surface area contributed by atoms with Crippen LogP contribution in [-0.4, -0.2) is 15.8 Å². The maximum Gasteiger partial charge on any atom is 0.360 e. The van der Waals surface area contributed by atoms with Crippen molar-refractivity contribution < 1.29 is 13.8 Å². The number of nitrogens with zero attached hydrogens (tertiary/aromatic N) is 2. The van der Waals surface area contributed by atoms with Gasteiger partial charge in [0, 0.05) is 23.2 Å². The predicted molar refractivity (Wildman–Crippen MR) is 63.1 cm³/mol. The van der Waals surface area contributed by atoms with Gasteiger partial charge < -0.3 is 0 Å². The lowest BCUT2D eigenvalue weighted by Gasteiger charge is -1.96. The standard InChI is InChI=1S/C12H8N2O5/c15-10-6-1-2-7-11(16)19-14(18-10)12(17)9-5-3-4-8-13-9/h1-8H. The van der Waals surface area contributed by atoms with Crippen LogP contribution in [0.15, 0.2) is 67.3 Å². The van der Waals surface area contributed by atoms with Crippen molar-refractivity contribution in [2.24, 2.45) is 0 Å². The Bertz CT molecular complexity index is 702. The van der Waals surface area contributed by atoms with Gasteiger partial charge in [-0.05, 0) is 12.1 Å². The van der Waals surface area contributed by atoms with E-state index in [1.165, 1.54) is 24.4 Å². The molecular weight excluding hydrogens is 252 g/mol. The van der Waals surface area contributed by atoms with E-state index >= 15 is 0 Å². The van der Waals surface area contributed by atoms with Crippen molar-refractivity contribution in [3.63, 3.8) is 0 Å². The molecule has 7 nitrogen and oxygen atoms in total. The van der Waals surface area contributed by atoms with Gasteiger partial charge in [-0.15, -0.1) is 0 Å². The first kappa shape index (κ1) is 12.5. The zero-order chi connectivity index (χ0) is 13.7. The highest BCUT2D eigenvalue weighted by molar-refractivity contribution is 5.91. The minimum Gasteiger partial charge on any atom is -0.298 e. The molecule has 0 aromatic carbocycles. The zero-order valence-corrected chi connectivity index (χ0v) is 9.55. The molecule has 0 radical (unpaired) electrons. The second kappa shape index (κ2) is 5.58. The van der Waals surface area contributed by atoms with E-state index in [0.717, 1.165) is 12.1 Å². The minimum atomic E-state index is -0.869. The Hall–Kier alpha value is -2.96. The van der Waals surface area contributed by atoms with Crippen LogP contribution in [-0.2, 0) is 0 Å². The third-order valence-electron chi connectivity index (χ3n) is 1.97. The Morgan fingerprint density at radius 1 is 0.947 bits per heavy atom. The van der Waals surface area contributed by atoms with E-state index in [4.69, 9.17) is 0 Å². The lowest BCUT2D eigenvalue weighted by atomic mass is 10.3. The first-order valence-corrected chi connectivity index (χ1v) is 5.21. The number of pyridine rings is 1. The van der Waals surface area contributed by atoms with E-state index in [-0.39, 0.29) is 10.6 Å². The molecule has 0 bridgehead atoms. The summed E-state index contributed by atoms with van der Waals surface area (Å²) in [5.41, 5.74) is -1.75. The summed E-state index contributed by atoms with van der Waals surface area (Å²) in [6.45, 7) is 0. The second-order valence-electron chi connectivity index (χ2n) is 3.32. The Labute approximate surface area is 106 Å². The molecule has 0 saturated heterocycles. The van der Waals surface area contributed by atoms with Gasteiger partial charge in [-0.3, -0.25) is 18.8 Å². The summed E-state index contributed by atoms with van der Waals surface area (Å²) in [5, 5.41) is 0. The molecule has 2 aromatic heterocycles. The van der Waals surface area contributed by atoms with E-state index < -0.39 is 17.2 Å². The lowest BCUT2D eigenvalue weighted by molar-refractivity contribution is 0.0337. The average Bonchev–Trinajstić information content (AvgIpc) is 2.50. The SMILES string of the molecule is O=C(c1ccccn1)n1oc(=O)ccccc(=O)o1. The van der Waals surface area contributed by atoms with E-state index in [1.807, 2.05) is 0 Å². The van der Waals surface area contributed by atoms with E-state index in [2.05, 4.69) is 14.0 Å². The zero-order valence-electron chi connectivity index (χ0n) is 9.55. The first-order chi connectivity index (χ1) is 9.16. The van der Waals surface area contributed by atoms with Gasteiger partial charge in [-0.2, -0.15) is 0 Å². The molecule has 0 saturated carbocycles. The molecular formula is C12H8N2O5. The van der Waals surface area contributed by atoms with E-state index in [9.17, 15) is 14.4 Å². The summed E-state index contributed by atoms with van der Waals surface area (Å²) in [5.74, 6) is -0.869. The number of hydrogen-bond donors (Lipinski definition) is 0. The van der Waals surface area contributed by atoms with Crippen molar-refractivity contribution in [3.05, 3.63) is 75.2 Å². The maximum absolute atomic E-state index is 11.9. The van der Waals surface area contributed by atoms with Crippen molar-refractivity contribution in [2.45, 2.75) is 0 Å². The van der Waals surface area contributed by atoms with Crippen molar-refractivity contribution in [1.82, 2.24) is 9.90 Å². The summed E-state index contributed by atoms with van der Waals surface area (Å²) in [7, 11) is 0. The number of aromatic nitrogens is 2. The third kappa shape index (κ3) is 3.25. The monoisotopic (exact) mass is 260 g/mol. The van der Waals surface area contributed by atoms with Crippen LogP contribution in [0.5, 0.6) is 0 Å². The molecule has 7 heteroatoms. The topological polar surface area (TPSA) is 95.3 Å². The van der Waals surface area contributed by atoms with Gasteiger partial charge in [0.15, 0.2) is 0 Å². The summed E-state index contributed by atoms with van der Waals surface area (Å²) >= 11 is 0. The van der Waals surface area contributed by atoms with Crippen LogP contribution in [0.2, 0.25) is 0 Å². The van der Waals surface area contributed by atoms with Gasteiger partial charge in [0.1, 0.15) is 5.69 Å². The fourth-order valence-corrected chi connectivity index (χ4v) is 1.18. The largest absolute Gasteiger partial charge is 0.360 e. The van der Waals surface area contributed by atoms with Crippen molar-refractivity contribution in [2.75, 3.05) is 0 Å². The first-order valence-electron chi connectivity index (χ1n) is 5.21. The Kier molecular flexibility index (Phi) is 3.67. The fraction of sp³-hybridized carbons (Fsp3) is 0. The Balaban J connectivity index is 2.63. The molecule has 0 aliphatic carbocycles. The molecule has 2 heterocycles. The quantitative estimate of drug-likeness (QED) is 0.745. The van der Waals surface area contributed by atoms with Crippen LogP contribution in [0, 0.1) is 0 Å². The van der Waals surface area contributed by atoms with Crippen LogP contribution in [0.4, 0.5) is 0 Å². The molecule has 0 aliphatic rings. The predicted octanol–water partition coefficient (Wildman–Crippen LogP) is 0.602. The second-order valence-corrected chi connectivity index (χ2v) is 3.32. The summed E-state index contributed by atoms with van der Waals surface area (Å²) in [6, 6.07) is 9.23. The molecule has 0 fully saturated rings. The molecule has 0 atom stereocenters. The average molecular weight is 260 g/mol. The number of carbonyl (C=O) groups is 1. The van der Waals surface area contributed by atoms with Crippen LogP contribution in [0.25, 0.3) is 0 Å². The molecule has 0 N–H and O–H groups in total. The highest BCUT2D eigenvalue weighted by Crippen LogP contribution is 1.96. The molecule has 0 amide bonds. The lowest BCUT2D eigenvalue weighted by Crippen LogP contribution is -2.17. The van der Waals surface area contributed by atoms with Crippen molar-refractivity contribution >= 4 is 5.91 Å². The van der Waals surface area contributed by atoms with Crippen molar-refractivity contribution in [1.29, 1.82) is 0 Å². The molecule has 96 valence electrons. The van der Waals surface area contributed by atoms with Gasteiger partial charge >= 0.3 is 17.2 Å². The number of rotatable bonds is 1. The fourth-order valence-electron chi connectivity index (χ4n) is 1.18. The molecule has 0 spiro atoms. The van der Waals surface area contributed by atoms with Crippen LogP contribution in [0.3, 0.4) is 0 Å². The minimum absolute atomic E-state index is 0.0321. The van der Waals surface area contributed by atoms with Gasteiger partial charge in [0.25, 0.3) is 0 Å². The van der Waals surface area contributed by atoms with Crippen LogP contribution in [0.1, 0.15) is 10.5 Å². The molecule has 2 aromatic rings. The molecule has 2 rings (SSSR count). The molecule has 19 heavy (non-hydrogen) atoms. The highest BCUT2D eigenvalue weighted by Gasteiger charge is 2.12. The Morgan fingerprint density at radius 2 is 1.53 bits per heavy atom. The van der Waals surface area contributed by atoms with Gasteiger partial charge in [-0.25, -0.2) is 9.59 Å². The van der Waals surface area contributed by atoms with Crippen LogP contribution < -0.4 is 11.3 Å². The van der Waals surface area contributed by atoms with Crippen LogP contribution >= 0.6 is 0 Å². The van der Waals surface area contributed by atoms with Gasteiger partial charge in [0.05, 0.1) is 0 Å². The Morgan fingerprint density at radius 3 is 2.05 bits per heavy atom. The number of carbonyl (C=O) groups excluding carboxylic acids is 1. The van der Waals surface area contributed by atoms with Gasteiger partial charge in [-0.1, -0.05) is 18.2 Å². The summed E-state index contributed by atoms with van der Waals surface area (Å²) < 4.78 is 9.19. The van der Waals surface area contributed by atoms with E-state index in [1.54, 1.807) is 12.1 Å². The normalized spacial score (nSPS) is 9.68. The summed E-state index contributed by atoms with van der Waals surface area (Å²) in [4.78, 5) is 38.5.